The van der Waals surface area contributed by atoms with Gasteiger partial charge in [0.15, 0.2) is 5.95 Å². The molecular weight excluding hydrogens is 1140 g/mol. The van der Waals surface area contributed by atoms with E-state index >= 15 is 0 Å². The lowest BCUT2D eigenvalue weighted by Gasteiger charge is -2.19. The number of carbonyl (C=O) groups excluding carboxylic acids is 5. The van der Waals surface area contributed by atoms with Gasteiger partial charge in [0.25, 0.3) is 21.9 Å². The average Bonchev–Trinajstić information content (AvgIpc) is 3.16. The number of imidazole rings is 1. The zero-order valence-corrected chi connectivity index (χ0v) is 48.8. The van der Waals surface area contributed by atoms with Gasteiger partial charge < -0.3 is 51.3 Å². The molecular formula is C56H69N13O14S2. The lowest BCUT2D eigenvalue weighted by molar-refractivity contribution is -0.138. The Morgan fingerprint density at radius 2 is 1.49 bits per heavy atom. The van der Waals surface area contributed by atoms with Crippen molar-refractivity contribution in [3.8, 4) is 0 Å². The summed E-state index contributed by atoms with van der Waals surface area (Å²) in [4.78, 5) is 102. The highest BCUT2D eigenvalue weighted by Crippen LogP contribution is 2.23. The van der Waals surface area contributed by atoms with E-state index in [0.717, 1.165) is 11.1 Å². The second-order valence-electron chi connectivity index (χ2n) is 19.6. The lowest BCUT2D eigenvalue weighted by Crippen LogP contribution is -2.49. The van der Waals surface area contributed by atoms with Gasteiger partial charge in [-0.3, -0.25) is 43.5 Å². The molecule has 5 amide bonds. The maximum absolute atomic E-state index is 13.9. The van der Waals surface area contributed by atoms with Crippen molar-refractivity contribution in [3.05, 3.63) is 141 Å². The van der Waals surface area contributed by atoms with E-state index in [4.69, 9.17) is 4.74 Å². The van der Waals surface area contributed by atoms with Crippen molar-refractivity contribution < 1.29 is 60.0 Å². The van der Waals surface area contributed by atoms with Gasteiger partial charge in [0.1, 0.15) is 28.4 Å². The number of hydrazone groups is 1. The van der Waals surface area contributed by atoms with Gasteiger partial charge in [-0.05, 0) is 93.5 Å². The summed E-state index contributed by atoms with van der Waals surface area (Å²) in [6.45, 7) is 7.97. The highest BCUT2D eigenvalue weighted by Gasteiger charge is 2.29. The van der Waals surface area contributed by atoms with E-state index in [1.807, 2.05) is 0 Å². The van der Waals surface area contributed by atoms with E-state index in [0.29, 0.717) is 74.6 Å². The van der Waals surface area contributed by atoms with Gasteiger partial charge in [0.05, 0.1) is 22.2 Å². The topological polar surface area (TPSA) is 393 Å². The standard InChI is InChI=1S/C56H69N13O14S2/c1-5-43(66-52(73)40-14-16-47(62-31-40)67-65-32-39-11-6-7-12-46(39)85(80,81)82)54(75)59-21-10-26-83-25-9-20-58-49(71)18-17-48(70)57-19-8-24-69-34-42(50(72)41-15-13-38(29-45(41)69)30-64-56-60-22-23-61-56)53(74)63-33-44(55(76)77)68-84(78,79)51-36(3)27-35(2)28-37(51)4/h6-7,11-16,22-23,27-29,31-32,34,43-44,68H,5,8-10,17-21,24-26,30,33H2,1-4H3,(H,57,70)(H,58,71)(H,59,75)(H,62,67)(H,63,74)(H,66,73)(H,76,77)(H2,60,61,64)(H,80,81,82)/b65-32+/t43?,44-/m0/s1. The van der Waals surface area contributed by atoms with E-state index in [1.165, 1.54) is 48.9 Å². The predicted molar refractivity (Wildman–Crippen MR) is 315 cm³/mol. The molecule has 0 radical (unpaired) electrons. The van der Waals surface area contributed by atoms with E-state index in [9.17, 15) is 60.1 Å². The summed E-state index contributed by atoms with van der Waals surface area (Å²) in [6, 6.07) is 14.4. The Hall–Kier alpha value is -8.90. The first kappa shape index (κ1) is 65.3. The highest BCUT2D eigenvalue weighted by atomic mass is 32.2. The molecule has 3 aromatic carbocycles. The van der Waals surface area contributed by atoms with Crippen LogP contribution in [0.3, 0.4) is 0 Å². The number of aromatic nitrogens is 4. The van der Waals surface area contributed by atoms with Crippen LogP contribution >= 0.6 is 0 Å². The number of aromatic amines is 1. The summed E-state index contributed by atoms with van der Waals surface area (Å²) < 4.78 is 68.9. The van der Waals surface area contributed by atoms with Crippen LogP contribution in [-0.4, -0.2) is 139 Å². The molecule has 0 aliphatic carbocycles. The molecule has 85 heavy (non-hydrogen) atoms. The SMILES string of the molecule is CCC(NC(=O)c1ccc(N/N=C/c2ccccc2S(=O)(=O)O)nc1)C(=O)NCCCOCCCNC(=O)CCC(=O)NCCCn1cc(C(=O)NC[C@H](NS(=O)(=O)c2c(C)cc(C)cc2C)C(=O)O)c(=O)c2ccc(CNc3ncc[nH]3)cc21. The first-order valence-electron chi connectivity index (χ1n) is 27.1. The smallest absolute Gasteiger partial charge is 0.323 e. The van der Waals surface area contributed by atoms with Crippen LogP contribution in [0.5, 0.6) is 0 Å². The number of amides is 5. The first-order chi connectivity index (χ1) is 40.5. The van der Waals surface area contributed by atoms with Crippen LogP contribution in [0, 0.1) is 20.8 Å². The Morgan fingerprint density at radius 1 is 0.812 bits per heavy atom. The molecule has 29 heteroatoms. The number of carboxylic acid groups (broad SMARTS) is 1. The molecule has 6 rings (SSSR count). The molecule has 0 saturated carbocycles. The van der Waals surface area contributed by atoms with Crippen molar-refractivity contribution in [1.29, 1.82) is 0 Å². The van der Waals surface area contributed by atoms with Gasteiger partial charge >= 0.3 is 5.97 Å². The number of sulfonamides is 1. The van der Waals surface area contributed by atoms with E-state index in [1.54, 1.807) is 81.1 Å². The molecule has 3 aromatic heterocycles. The van der Waals surface area contributed by atoms with Crippen molar-refractivity contribution in [1.82, 2.24) is 50.8 Å². The minimum absolute atomic E-state index is 0.0726. The van der Waals surface area contributed by atoms with Crippen LogP contribution in [0.1, 0.15) is 94.0 Å². The predicted octanol–water partition coefficient (Wildman–Crippen LogP) is 3.04. The molecule has 0 aliphatic heterocycles. The van der Waals surface area contributed by atoms with Crippen LogP contribution < -0.4 is 47.5 Å². The molecule has 454 valence electrons. The number of nitrogens with zero attached hydrogens (tertiary/aromatic N) is 4. The molecule has 0 aliphatic rings. The Bertz CT molecular complexity index is 3650. The summed E-state index contributed by atoms with van der Waals surface area (Å²) in [5, 5.41) is 30.7. The van der Waals surface area contributed by atoms with Crippen LogP contribution in [0.4, 0.5) is 11.8 Å². The summed E-state index contributed by atoms with van der Waals surface area (Å²) in [5.74, 6) is -3.35. The van der Waals surface area contributed by atoms with Crippen molar-refractivity contribution in [2.24, 2.45) is 5.10 Å². The fourth-order valence-electron chi connectivity index (χ4n) is 8.82. The van der Waals surface area contributed by atoms with Crippen molar-refractivity contribution >= 4 is 84.5 Å². The van der Waals surface area contributed by atoms with Crippen LogP contribution in [0.2, 0.25) is 0 Å². The summed E-state index contributed by atoms with van der Waals surface area (Å²) in [7, 11) is -8.82. The molecule has 11 N–H and O–H groups in total. The summed E-state index contributed by atoms with van der Waals surface area (Å²) >= 11 is 0. The third-order valence-corrected chi connectivity index (χ3v) is 15.7. The first-order valence-corrected chi connectivity index (χ1v) is 30.0. The average molecular weight is 1210 g/mol. The summed E-state index contributed by atoms with van der Waals surface area (Å²) in [6.07, 6.45) is 8.49. The largest absolute Gasteiger partial charge is 0.480 e. The Kier molecular flexibility index (Phi) is 23.9. The number of carbonyl (C=O) groups is 6. The number of pyridine rings is 2. The fourth-order valence-corrected chi connectivity index (χ4v) is 11.1. The van der Waals surface area contributed by atoms with Gasteiger partial charge in [0, 0.05) is 101 Å². The van der Waals surface area contributed by atoms with Gasteiger partial charge in [-0.15, -0.1) is 0 Å². The van der Waals surface area contributed by atoms with E-state index < -0.39 is 62.0 Å². The highest BCUT2D eigenvalue weighted by molar-refractivity contribution is 7.89. The van der Waals surface area contributed by atoms with Crippen molar-refractivity contribution in [2.75, 3.05) is 50.1 Å². The molecule has 0 saturated heterocycles. The molecule has 0 fully saturated rings. The number of nitrogens with one attached hydrogen (secondary N) is 9. The number of rotatable bonds is 33. The monoisotopic (exact) mass is 1210 g/mol. The van der Waals surface area contributed by atoms with Crippen molar-refractivity contribution in [2.45, 2.75) is 101 Å². The molecule has 2 atom stereocenters. The van der Waals surface area contributed by atoms with Gasteiger partial charge in [-0.2, -0.15) is 18.2 Å². The second kappa shape index (κ2) is 31.1. The summed E-state index contributed by atoms with van der Waals surface area (Å²) in [5.41, 5.74) is 4.85. The molecule has 27 nitrogen and oxygen atoms in total. The molecule has 0 spiro atoms. The van der Waals surface area contributed by atoms with Crippen LogP contribution in [0.25, 0.3) is 10.9 Å². The van der Waals surface area contributed by atoms with E-state index in [-0.39, 0.29) is 87.9 Å². The second-order valence-corrected chi connectivity index (χ2v) is 22.6. The third-order valence-electron chi connectivity index (χ3n) is 12.9. The third kappa shape index (κ3) is 19.6. The normalized spacial score (nSPS) is 12.3. The quantitative estimate of drug-likeness (QED) is 0.0122. The molecule has 3 heterocycles. The lowest BCUT2D eigenvalue weighted by atomic mass is 10.1. The molecule has 1 unspecified atom stereocenters. The minimum Gasteiger partial charge on any atom is -0.480 e. The van der Waals surface area contributed by atoms with Gasteiger partial charge in [-0.1, -0.05) is 48.9 Å². The van der Waals surface area contributed by atoms with E-state index in [2.05, 4.69) is 62.1 Å². The fraction of sp³-hybridized carbons (Fsp3) is 0.357. The van der Waals surface area contributed by atoms with Crippen LogP contribution in [0.15, 0.2) is 111 Å². The number of benzene rings is 3. The number of anilines is 2. The Morgan fingerprint density at radius 3 is 2.13 bits per heavy atom. The number of hydrogen-bond acceptors (Lipinski definition) is 17. The number of ether oxygens (including phenoxy) is 1. The number of aliphatic carboxylic acids is 1. The number of fused-ring (bicyclic) bond motifs is 1. The number of aryl methyl sites for hydroxylation is 4. The Balaban J connectivity index is 0.885. The maximum atomic E-state index is 13.9. The van der Waals surface area contributed by atoms with Gasteiger partial charge in [-0.25, -0.2) is 18.4 Å². The Labute approximate surface area is 490 Å². The maximum Gasteiger partial charge on any atom is 0.323 e. The van der Waals surface area contributed by atoms with Gasteiger partial charge in [0.2, 0.25) is 33.2 Å². The molecule has 6 aromatic rings. The van der Waals surface area contributed by atoms with Crippen molar-refractivity contribution in [3.63, 3.8) is 0 Å². The van der Waals surface area contributed by atoms with Crippen LogP contribution in [-0.2, 0) is 57.1 Å². The number of hydrogen-bond donors (Lipinski definition) is 11. The minimum atomic E-state index is -4.46. The number of H-pyrrole nitrogens is 1. The zero-order valence-electron chi connectivity index (χ0n) is 47.2. The zero-order chi connectivity index (χ0) is 61.7. The molecule has 0 bridgehead atoms. The number of carboxylic acids is 1.